The minimum atomic E-state index is 0.0539. The molecule has 1 saturated heterocycles. The Morgan fingerprint density at radius 1 is 1.45 bits per heavy atom. The summed E-state index contributed by atoms with van der Waals surface area (Å²) in [4.78, 5) is 14.3. The van der Waals surface area contributed by atoms with Gasteiger partial charge in [0.15, 0.2) is 0 Å². The Bertz CT molecular complexity index is 500. The number of rotatable bonds is 4. The van der Waals surface area contributed by atoms with Crippen LogP contribution in [0.15, 0.2) is 18.2 Å². The number of anilines is 1. The van der Waals surface area contributed by atoms with E-state index in [9.17, 15) is 4.79 Å². The number of likely N-dealkylation sites (tertiary alicyclic amines) is 1. The molecule has 0 bridgehead atoms. The highest BCUT2D eigenvalue weighted by Crippen LogP contribution is 2.28. The molecule has 4 heteroatoms. The maximum absolute atomic E-state index is 12.1. The number of amides is 1. The van der Waals surface area contributed by atoms with E-state index in [4.69, 9.17) is 5.73 Å². The van der Waals surface area contributed by atoms with E-state index in [1.165, 1.54) is 5.56 Å². The Hall–Kier alpha value is -1.39. The van der Waals surface area contributed by atoms with Crippen molar-refractivity contribution in [3.63, 3.8) is 0 Å². The molecule has 0 radical (unpaired) electrons. The van der Waals surface area contributed by atoms with Crippen molar-refractivity contribution < 1.29 is 4.79 Å². The van der Waals surface area contributed by atoms with E-state index in [-0.39, 0.29) is 11.3 Å². The van der Waals surface area contributed by atoms with Crippen LogP contribution >= 0.6 is 0 Å². The van der Waals surface area contributed by atoms with Crippen molar-refractivity contribution in [3.8, 4) is 0 Å². The molecule has 1 amide bonds. The van der Waals surface area contributed by atoms with Gasteiger partial charge >= 0.3 is 0 Å². The molecule has 1 fully saturated rings. The van der Waals surface area contributed by atoms with E-state index in [1.54, 1.807) is 0 Å². The molecule has 0 aliphatic carbocycles. The monoisotopic (exact) mass is 275 g/mol. The number of aryl methyl sites for hydroxylation is 2. The van der Waals surface area contributed by atoms with Crippen molar-refractivity contribution >= 4 is 11.6 Å². The summed E-state index contributed by atoms with van der Waals surface area (Å²) in [7, 11) is 0. The average molecular weight is 275 g/mol. The quantitative estimate of drug-likeness (QED) is 0.882. The predicted octanol–water partition coefficient (Wildman–Crippen LogP) is 1.91. The number of carbonyl (C=O) groups excluding carboxylic acids is 1. The average Bonchev–Trinajstić information content (AvgIpc) is 2.75. The van der Waals surface area contributed by atoms with Crippen LogP contribution in [0.1, 0.15) is 24.5 Å². The second kappa shape index (κ2) is 5.94. The largest absolute Gasteiger partial charge is 0.330 e. The van der Waals surface area contributed by atoms with Gasteiger partial charge in [0.2, 0.25) is 5.91 Å². The van der Waals surface area contributed by atoms with Crippen molar-refractivity contribution in [1.29, 1.82) is 0 Å². The van der Waals surface area contributed by atoms with Gasteiger partial charge in [-0.25, -0.2) is 0 Å². The van der Waals surface area contributed by atoms with E-state index in [2.05, 4.69) is 30.1 Å². The van der Waals surface area contributed by atoms with Crippen LogP contribution in [0.2, 0.25) is 0 Å². The predicted molar refractivity (Wildman–Crippen MR) is 82.8 cm³/mol. The number of carbonyl (C=O) groups is 1. The third-order valence-corrected chi connectivity index (χ3v) is 4.15. The van der Waals surface area contributed by atoms with Crippen LogP contribution in [0.3, 0.4) is 0 Å². The van der Waals surface area contributed by atoms with Crippen LogP contribution in [-0.4, -0.2) is 37.0 Å². The van der Waals surface area contributed by atoms with E-state index < -0.39 is 0 Å². The summed E-state index contributed by atoms with van der Waals surface area (Å²) < 4.78 is 0. The molecule has 1 heterocycles. The fraction of sp³-hybridized carbons (Fsp3) is 0.562. The minimum absolute atomic E-state index is 0.0539. The Balaban J connectivity index is 1.90. The number of benzene rings is 1. The summed E-state index contributed by atoms with van der Waals surface area (Å²) in [6, 6.07) is 6.07. The second-order valence-electron chi connectivity index (χ2n) is 6.34. The zero-order valence-electron chi connectivity index (χ0n) is 12.7. The molecule has 110 valence electrons. The highest BCUT2D eigenvalue weighted by Gasteiger charge is 2.33. The number of nitrogens with zero attached hydrogens (tertiary/aromatic N) is 1. The van der Waals surface area contributed by atoms with Crippen molar-refractivity contribution in [1.82, 2.24) is 4.90 Å². The molecule has 20 heavy (non-hydrogen) atoms. The SMILES string of the molecule is Cc1ccc(NC(=O)CN2CCC(C)(CN)C2)c(C)c1. The first-order chi connectivity index (χ1) is 9.42. The van der Waals surface area contributed by atoms with Gasteiger partial charge in [-0.1, -0.05) is 24.6 Å². The first-order valence-corrected chi connectivity index (χ1v) is 7.21. The molecule has 1 aromatic carbocycles. The van der Waals surface area contributed by atoms with Gasteiger partial charge in [0, 0.05) is 12.2 Å². The Morgan fingerprint density at radius 3 is 2.80 bits per heavy atom. The van der Waals surface area contributed by atoms with Gasteiger partial charge in [0.05, 0.1) is 6.54 Å². The van der Waals surface area contributed by atoms with Crippen molar-refractivity contribution in [2.45, 2.75) is 27.2 Å². The van der Waals surface area contributed by atoms with Crippen molar-refractivity contribution in [3.05, 3.63) is 29.3 Å². The lowest BCUT2D eigenvalue weighted by atomic mass is 9.90. The van der Waals surface area contributed by atoms with Gasteiger partial charge < -0.3 is 11.1 Å². The van der Waals surface area contributed by atoms with E-state index in [0.717, 1.165) is 30.8 Å². The van der Waals surface area contributed by atoms with Gasteiger partial charge in [-0.15, -0.1) is 0 Å². The van der Waals surface area contributed by atoms with Crippen LogP contribution in [0, 0.1) is 19.3 Å². The van der Waals surface area contributed by atoms with E-state index in [1.807, 2.05) is 19.1 Å². The van der Waals surface area contributed by atoms with Crippen LogP contribution in [-0.2, 0) is 4.79 Å². The standard InChI is InChI=1S/C16H25N3O/c1-12-4-5-14(13(2)8-12)18-15(20)9-19-7-6-16(3,10-17)11-19/h4-5,8H,6-7,9-11,17H2,1-3H3,(H,18,20). The molecule has 1 unspecified atom stereocenters. The van der Waals surface area contributed by atoms with Gasteiger partial charge in [-0.3, -0.25) is 9.69 Å². The molecule has 3 N–H and O–H groups in total. The lowest BCUT2D eigenvalue weighted by Gasteiger charge is -2.22. The maximum Gasteiger partial charge on any atom is 0.238 e. The topological polar surface area (TPSA) is 58.4 Å². The molecule has 1 aromatic rings. The van der Waals surface area contributed by atoms with E-state index in [0.29, 0.717) is 13.1 Å². The zero-order valence-corrected chi connectivity index (χ0v) is 12.7. The Morgan fingerprint density at radius 2 is 2.20 bits per heavy atom. The number of nitrogens with one attached hydrogen (secondary N) is 1. The first-order valence-electron chi connectivity index (χ1n) is 7.21. The Kier molecular flexibility index (Phi) is 4.45. The first kappa shape index (κ1) is 15.0. The van der Waals surface area contributed by atoms with Crippen LogP contribution in [0.4, 0.5) is 5.69 Å². The molecule has 0 aromatic heterocycles. The summed E-state index contributed by atoms with van der Waals surface area (Å²) in [5.41, 5.74) is 9.17. The fourth-order valence-corrected chi connectivity index (χ4v) is 2.77. The maximum atomic E-state index is 12.1. The number of hydrogen-bond donors (Lipinski definition) is 2. The summed E-state index contributed by atoms with van der Waals surface area (Å²) in [6.45, 7) is 9.25. The highest BCUT2D eigenvalue weighted by atomic mass is 16.2. The molecule has 4 nitrogen and oxygen atoms in total. The number of hydrogen-bond acceptors (Lipinski definition) is 3. The van der Waals surface area contributed by atoms with Gasteiger partial charge in [-0.2, -0.15) is 0 Å². The zero-order chi connectivity index (χ0) is 14.8. The molecule has 0 saturated carbocycles. The lowest BCUT2D eigenvalue weighted by molar-refractivity contribution is -0.117. The van der Waals surface area contributed by atoms with Crippen LogP contribution in [0.5, 0.6) is 0 Å². The Labute approximate surface area is 121 Å². The van der Waals surface area contributed by atoms with Crippen molar-refractivity contribution in [2.75, 3.05) is 31.5 Å². The summed E-state index contributed by atoms with van der Waals surface area (Å²) in [5.74, 6) is 0.0539. The van der Waals surface area contributed by atoms with Gasteiger partial charge in [-0.05, 0) is 50.4 Å². The van der Waals surface area contributed by atoms with Crippen LogP contribution < -0.4 is 11.1 Å². The third kappa shape index (κ3) is 3.58. The summed E-state index contributed by atoms with van der Waals surface area (Å²) in [5, 5.41) is 3.00. The molecule has 2 rings (SSSR count). The van der Waals surface area contributed by atoms with Gasteiger partial charge in [0.25, 0.3) is 0 Å². The molecule has 1 aliphatic rings. The molecule has 0 spiro atoms. The molecule has 1 aliphatic heterocycles. The summed E-state index contributed by atoms with van der Waals surface area (Å²) >= 11 is 0. The molecular weight excluding hydrogens is 250 g/mol. The van der Waals surface area contributed by atoms with Crippen molar-refractivity contribution in [2.24, 2.45) is 11.1 Å². The number of nitrogens with two attached hydrogens (primary N) is 1. The second-order valence-corrected chi connectivity index (χ2v) is 6.34. The summed E-state index contributed by atoms with van der Waals surface area (Å²) in [6.07, 6.45) is 1.07. The lowest BCUT2D eigenvalue weighted by Crippen LogP contribution is -2.35. The minimum Gasteiger partial charge on any atom is -0.330 e. The van der Waals surface area contributed by atoms with E-state index >= 15 is 0 Å². The molecular formula is C16H25N3O. The van der Waals surface area contributed by atoms with Crippen LogP contribution in [0.25, 0.3) is 0 Å². The molecule has 1 atom stereocenters. The highest BCUT2D eigenvalue weighted by molar-refractivity contribution is 5.93. The normalized spacial score (nSPS) is 23.0. The smallest absolute Gasteiger partial charge is 0.238 e. The fourth-order valence-electron chi connectivity index (χ4n) is 2.77. The van der Waals surface area contributed by atoms with Gasteiger partial charge in [0.1, 0.15) is 0 Å². The third-order valence-electron chi connectivity index (χ3n) is 4.15.